The zero-order valence-electron chi connectivity index (χ0n) is 19.5. The molecule has 8 heteroatoms. The Hall–Kier alpha value is -2.68. The Labute approximate surface area is 213 Å². The summed E-state index contributed by atoms with van der Waals surface area (Å²) < 4.78 is 23.3. The van der Waals surface area contributed by atoms with Gasteiger partial charge in [0.2, 0.25) is 0 Å². The van der Waals surface area contributed by atoms with E-state index in [0.29, 0.717) is 30.3 Å². The van der Waals surface area contributed by atoms with Gasteiger partial charge < -0.3 is 18.9 Å². The van der Waals surface area contributed by atoms with E-state index in [4.69, 9.17) is 31.2 Å². The van der Waals surface area contributed by atoms with E-state index in [2.05, 4.69) is 25.6 Å². The molecular weight excluding hydrogens is 488 g/mol. The molecule has 3 aromatic rings. The molecule has 180 valence electrons. The van der Waals surface area contributed by atoms with Gasteiger partial charge in [0.25, 0.3) is 0 Å². The highest BCUT2D eigenvalue weighted by atomic mass is 32.9. The Balaban J connectivity index is 1.46. The van der Waals surface area contributed by atoms with Crippen LogP contribution in [0.15, 0.2) is 55.1 Å². The average molecular weight is 517 g/mol. The van der Waals surface area contributed by atoms with Crippen LogP contribution in [0.25, 0.3) is 16.0 Å². The average Bonchev–Trinajstić information content (AvgIpc) is 3.28. The van der Waals surface area contributed by atoms with E-state index in [-0.39, 0.29) is 11.7 Å². The molecule has 1 aromatic heterocycles. The monoisotopic (exact) mass is 516 g/mol. The zero-order valence-corrected chi connectivity index (χ0v) is 21.9. The number of carbonyl (C=O) groups excluding carboxylic acids is 1. The van der Waals surface area contributed by atoms with Gasteiger partial charge in [0, 0.05) is 4.88 Å². The molecule has 0 aliphatic heterocycles. The minimum absolute atomic E-state index is 0.0508. The molecule has 0 saturated carbocycles. The minimum Gasteiger partial charge on any atom is -0.493 e. The highest BCUT2D eigenvalue weighted by Crippen LogP contribution is 2.32. The first-order chi connectivity index (χ1) is 16.4. The molecule has 0 spiro atoms. The summed E-state index contributed by atoms with van der Waals surface area (Å²) in [5.74, 6) is 1.56. The fourth-order valence-corrected chi connectivity index (χ4v) is 5.63. The number of hydrogen-bond acceptors (Lipinski definition) is 8. The number of hydrogen-bond donors (Lipinski definition) is 0. The number of ether oxygens (including phenoxy) is 4. The topological polar surface area (TPSA) is 54.0 Å². The van der Waals surface area contributed by atoms with Crippen LogP contribution >= 0.6 is 32.9 Å². The lowest BCUT2D eigenvalue weighted by Gasteiger charge is -2.16. The first kappa shape index (κ1) is 25.9. The van der Waals surface area contributed by atoms with Crippen LogP contribution in [0.2, 0.25) is 0 Å². The van der Waals surface area contributed by atoms with E-state index in [0.717, 1.165) is 28.0 Å². The van der Waals surface area contributed by atoms with Crippen LogP contribution in [-0.4, -0.2) is 32.4 Å². The third-order valence-electron chi connectivity index (χ3n) is 4.99. The standard InChI is InChI=1S/C26H28O5S3/c1-5-29-26(27)18(3)20-10-13-22(23(15-20)28-4)30-14-6-7-17(2)31-21-11-8-19(9-12-21)24-16-25(32)34-33-24/h8-13,15-17H,3,5-7,14H2,1-2,4H3. The number of benzene rings is 2. The van der Waals surface area contributed by atoms with Gasteiger partial charge >= 0.3 is 5.97 Å². The summed E-state index contributed by atoms with van der Waals surface area (Å²) in [4.78, 5) is 13.1. The second-order valence-electron chi connectivity index (χ2n) is 7.50. The van der Waals surface area contributed by atoms with Gasteiger partial charge in [-0.15, -0.1) is 0 Å². The van der Waals surface area contributed by atoms with Gasteiger partial charge in [-0.3, -0.25) is 0 Å². The van der Waals surface area contributed by atoms with Crippen molar-refractivity contribution < 1.29 is 23.7 Å². The highest BCUT2D eigenvalue weighted by Gasteiger charge is 2.14. The van der Waals surface area contributed by atoms with Gasteiger partial charge in [0.05, 0.1) is 32.0 Å². The van der Waals surface area contributed by atoms with Crippen molar-refractivity contribution in [3.63, 3.8) is 0 Å². The summed E-state index contributed by atoms with van der Waals surface area (Å²) in [6.45, 7) is 8.44. The van der Waals surface area contributed by atoms with E-state index >= 15 is 0 Å². The molecule has 0 amide bonds. The summed E-state index contributed by atoms with van der Waals surface area (Å²) in [7, 11) is 4.87. The van der Waals surface area contributed by atoms with Crippen molar-refractivity contribution in [1.82, 2.24) is 0 Å². The maximum atomic E-state index is 11.9. The third kappa shape index (κ3) is 7.16. The second-order valence-corrected chi connectivity index (χ2v) is 10.4. The summed E-state index contributed by atoms with van der Waals surface area (Å²) >= 11 is 5.21. The second kappa shape index (κ2) is 12.7. The quantitative estimate of drug-likeness (QED) is 0.0821. The van der Waals surface area contributed by atoms with Crippen LogP contribution in [-0.2, 0) is 9.53 Å². The Morgan fingerprint density at radius 3 is 2.50 bits per heavy atom. The lowest BCUT2D eigenvalue weighted by atomic mass is 10.1. The van der Waals surface area contributed by atoms with Crippen molar-refractivity contribution in [3.8, 4) is 27.7 Å². The molecule has 34 heavy (non-hydrogen) atoms. The van der Waals surface area contributed by atoms with E-state index in [9.17, 15) is 4.79 Å². The maximum Gasteiger partial charge on any atom is 0.338 e. The number of esters is 1. The van der Waals surface area contributed by atoms with Gasteiger partial charge in [0.15, 0.2) is 11.5 Å². The van der Waals surface area contributed by atoms with Crippen LogP contribution in [0.3, 0.4) is 0 Å². The fourth-order valence-electron chi connectivity index (χ4n) is 3.23. The van der Waals surface area contributed by atoms with E-state index in [1.807, 2.05) is 18.2 Å². The van der Waals surface area contributed by atoms with Gasteiger partial charge in [-0.25, -0.2) is 4.79 Å². The maximum absolute atomic E-state index is 11.9. The SMILES string of the molecule is C=C(C(=O)OCC)c1ccc(OCCCC(C)Oc2ccc(-c3cc(=S)ss3)cc2)c(OC)c1. The molecule has 0 bridgehead atoms. The van der Waals surface area contributed by atoms with E-state index in [1.54, 1.807) is 52.9 Å². The molecule has 5 nitrogen and oxygen atoms in total. The lowest BCUT2D eigenvalue weighted by molar-refractivity contribution is -0.136. The van der Waals surface area contributed by atoms with Crippen LogP contribution < -0.4 is 14.2 Å². The smallest absolute Gasteiger partial charge is 0.338 e. The molecule has 3 rings (SSSR count). The van der Waals surface area contributed by atoms with E-state index in [1.165, 1.54) is 4.88 Å². The van der Waals surface area contributed by atoms with Crippen LogP contribution in [0, 0.1) is 3.82 Å². The molecule has 0 fully saturated rings. The van der Waals surface area contributed by atoms with Gasteiger partial charge in [-0.1, -0.05) is 45.5 Å². The van der Waals surface area contributed by atoms with Crippen molar-refractivity contribution in [3.05, 3.63) is 64.5 Å². The molecule has 1 heterocycles. The van der Waals surface area contributed by atoms with E-state index < -0.39 is 5.97 Å². The molecule has 2 aromatic carbocycles. The number of rotatable bonds is 12. The first-order valence-corrected chi connectivity index (χ1v) is 13.5. The zero-order chi connectivity index (χ0) is 24.5. The molecule has 1 unspecified atom stereocenters. The Kier molecular flexibility index (Phi) is 9.68. The normalized spacial score (nSPS) is 11.5. The predicted molar refractivity (Wildman–Crippen MR) is 142 cm³/mol. The number of carbonyl (C=O) groups is 1. The Bertz CT molecular complexity index is 1160. The van der Waals surface area contributed by atoms with Crippen molar-refractivity contribution >= 4 is 44.4 Å². The summed E-state index contributed by atoms with van der Waals surface area (Å²) in [6.07, 6.45) is 1.71. The van der Waals surface area contributed by atoms with Crippen molar-refractivity contribution in [2.75, 3.05) is 20.3 Å². The Morgan fingerprint density at radius 1 is 1.09 bits per heavy atom. The van der Waals surface area contributed by atoms with Crippen molar-refractivity contribution in [2.45, 2.75) is 32.8 Å². The Morgan fingerprint density at radius 2 is 1.85 bits per heavy atom. The van der Waals surface area contributed by atoms with Crippen LogP contribution in [0.5, 0.6) is 17.2 Å². The first-order valence-electron chi connectivity index (χ1n) is 11.0. The van der Waals surface area contributed by atoms with Gasteiger partial charge in [-0.05, 0) is 80.3 Å². The van der Waals surface area contributed by atoms with Crippen molar-refractivity contribution in [2.24, 2.45) is 0 Å². The van der Waals surface area contributed by atoms with Crippen molar-refractivity contribution in [1.29, 1.82) is 0 Å². The van der Waals surface area contributed by atoms with Gasteiger partial charge in [0.1, 0.15) is 9.57 Å². The largest absolute Gasteiger partial charge is 0.493 e. The third-order valence-corrected chi connectivity index (χ3v) is 7.90. The van der Waals surface area contributed by atoms with Crippen LogP contribution in [0.1, 0.15) is 32.3 Å². The molecular formula is C26H28O5S3. The molecule has 0 N–H and O–H groups in total. The number of methoxy groups -OCH3 is 1. The molecule has 0 radical (unpaired) electrons. The fraction of sp³-hybridized carbons (Fsp3) is 0.308. The summed E-state index contributed by atoms with van der Waals surface area (Å²) in [5.41, 5.74) is 2.07. The van der Waals surface area contributed by atoms with Gasteiger partial charge in [-0.2, -0.15) is 0 Å². The molecule has 0 saturated heterocycles. The molecule has 0 aliphatic rings. The highest BCUT2D eigenvalue weighted by molar-refractivity contribution is 7.80. The van der Waals surface area contributed by atoms with Crippen LogP contribution in [0.4, 0.5) is 0 Å². The lowest BCUT2D eigenvalue weighted by Crippen LogP contribution is -2.13. The minimum atomic E-state index is -0.445. The summed E-state index contributed by atoms with van der Waals surface area (Å²) in [6, 6.07) is 15.4. The predicted octanol–water partition coefficient (Wildman–Crippen LogP) is 7.42. The molecule has 0 aliphatic carbocycles. The molecule has 1 atom stereocenters. The summed E-state index contributed by atoms with van der Waals surface area (Å²) in [5, 5.41) is 0.